The van der Waals surface area contributed by atoms with Gasteiger partial charge in [-0.15, -0.1) is 0 Å². The van der Waals surface area contributed by atoms with Crippen LogP contribution >= 0.6 is 0 Å². The summed E-state index contributed by atoms with van der Waals surface area (Å²) in [7, 11) is 0. The largest absolute Gasteiger partial charge is 0.488 e. The number of anilines is 3. The molecule has 0 bridgehead atoms. The Morgan fingerprint density at radius 3 is 1.63 bits per heavy atom. The number of rotatable bonds is 4. The van der Waals surface area contributed by atoms with Gasteiger partial charge in [-0.1, -0.05) is 84.9 Å². The molecule has 0 fully saturated rings. The minimum absolute atomic E-state index is 0. The zero-order chi connectivity index (χ0) is 35.7. The minimum Gasteiger partial charge on any atom is -0.488 e. The maximum atomic E-state index is 13.1. The lowest BCUT2D eigenvalue weighted by atomic mass is 9.99. The third-order valence-corrected chi connectivity index (χ3v) is 8.52. The summed E-state index contributed by atoms with van der Waals surface area (Å²) < 4.78 is 24.4. The molecule has 0 spiro atoms. The first kappa shape index (κ1) is 34.4. The molecule has 8 rings (SSSR count). The Morgan fingerprint density at radius 2 is 1.08 bits per heavy atom. The number of ketones is 2. The van der Waals surface area contributed by atoms with E-state index in [1.54, 1.807) is 6.07 Å². The normalized spacial score (nSPS) is 12.3. The first-order chi connectivity index (χ1) is 24.8. The van der Waals surface area contributed by atoms with Crippen molar-refractivity contribution >= 4 is 28.6 Å². The summed E-state index contributed by atoms with van der Waals surface area (Å²) in [6.07, 6.45) is 0. The molecule has 2 aliphatic heterocycles. The Balaban J connectivity index is 0.000000167. The van der Waals surface area contributed by atoms with E-state index in [4.69, 9.17) is 26.7 Å². The van der Waals surface area contributed by atoms with Crippen LogP contribution in [-0.2, 0) is 26.3 Å². The van der Waals surface area contributed by atoms with Crippen LogP contribution in [0.15, 0.2) is 133 Å². The average Bonchev–Trinajstić information content (AvgIpc) is 3.39. The number of benzene rings is 6. The van der Waals surface area contributed by atoms with Gasteiger partial charge in [-0.25, -0.2) is 4.39 Å². The molecule has 0 radical (unpaired) electrons. The number of nitrogens with one attached hydrogen (secondary N) is 1. The van der Waals surface area contributed by atoms with Crippen molar-refractivity contribution in [2.75, 3.05) is 16.8 Å². The number of para-hydroxylation sites is 2. The second-order valence-electron chi connectivity index (χ2n) is 11.9. The molecule has 0 atom stereocenters. The molecule has 6 aromatic rings. The summed E-state index contributed by atoms with van der Waals surface area (Å²) in [4.78, 5) is 25.0. The monoisotopic (exact) mass is 683 g/mol. The van der Waals surface area contributed by atoms with Crippen molar-refractivity contribution < 1.29 is 24.9 Å². The second kappa shape index (κ2) is 15.8. The van der Waals surface area contributed by atoms with Gasteiger partial charge in [0.15, 0.2) is 11.6 Å². The molecule has 2 heterocycles. The Hall–Kier alpha value is -6.45. The molecule has 2 aliphatic rings. The van der Waals surface area contributed by atoms with E-state index < -0.39 is 5.82 Å². The van der Waals surface area contributed by atoms with Crippen LogP contribution < -0.4 is 32.0 Å². The van der Waals surface area contributed by atoms with Crippen LogP contribution in [0.1, 0.15) is 55.5 Å². The number of halogens is 1. The number of carbonyl (C=O) groups excluding carboxylic acids is 2. The molecule has 6 aromatic carbocycles. The van der Waals surface area contributed by atoms with Crippen LogP contribution in [0.3, 0.4) is 0 Å². The minimum atomic E-state index is -0.400. The SMILES string of the molecule is NCc1ccccc1N.Nc1ccccc1CNc1ccc2c(c1)OCc1ccccc1C2=O.O=C1c2ccccc2COc2cc(F)ccc21.[2HH]. The molecule has 0 saturated carbocycles. The van der Waals surface area contributed by atoms with Crippen LogP contribution in [0.25, 0.3) is 0 Å². The lowest BCUT2D eigenvalue weighted by Crippen LogP contribution is -2.05. The summed E-state index contributed by atoms with van der Waals surface area (Å²) in [6, 6.07) is 39.8. The predicted octanol–water partition coefficient (Wildman–Crippen LogP) is 7.93. The van der Waals surface area contributed by atoms with E-state index in [2.05, 4.69) is 5.32 Å². The molecule has 0 aliphatic carbocycles. The predicted molar refractivity (Wildman–Crippen MR) is 200 cm³/mol. The number of nitrogens with two attached hydrogens (primary N) is 3. The van der Waals surface area contributed by atoms with Crippen molar-refractivity contribution in [3.63, 3.8) is 0 Å². The van der Waals surface area contributed by atoms with Crippen molar-refractivity contribution in [1.29, 1.82) is 0 Å². The summed E-state index contributed by atoms with van der Waals surface area (Å²) in [5.41, 5.74) is 25.4. The van der Waals surface area contributed by atoms with Gasteiger partial charge >= 0.3 is 0 Å². The van der Waals surface area contributed by atoms with Gasteiger partial charge in [-0.3, -0.25) is 9.59 Å². The maximum absolute atomic E-state index is 13.1. The van der Waals surface area contributed by atoms with E-state index >= 15 is 0 Å². The summed E-state index contributed by atoms with van der Waals surface area (Å²) >= 11 is 0. The third kappa shape index (κ3) is 8.07. The van der Waals surface area contributed by atoms with Gasteiger partial charge in [0.1, 0.15) is 30.5 Å². The van der Waals surface area contributed by atoms with Crippen molar-refractivity contribution in [3.05, 3.63) is 184 Å². The zero-order valence-electron chi connectivity index (χ0n) is 27.8. The van der Waals surface area contributed by atoms with E-state index in [0.717, 1.165) is 39.3 Å². The maximum Gasteiger partial charge on any atom is 0.197 e. The zero-order valence-corrected chi connectivity index (χ0v) is 27.8. The molecule has 0 saturated heterocycles. The van der Waals surface area contributed by atoms with Crippen LogP contribution in [-0.4, -0.2) is 11.6 Å². The number of hydrogen-bond acceptors (Lipinski definition) is 8. The molecule has 8 nitrogen and oxygen atoms in total. The number of fused-ring (bicyclic) bond motifs is 4. The molecule has 0 aromatic heterocycles. The Bertz CT molecular complexity index is 2210. The molecule has 51 heavy (non-hydrogen) atoms. The fourth-order valence-corrected chi connectivity index (χ4v) is 5.69. The number of hydrogen-bond donors (Lipinski definition) is 4. The topological polar surface area (TPSA) is 143 Å². The van der Waals surface area contributed by atoms with Crippen LogP contribution in [0.5, 0.6) is 11.5 Å². The third-order valence-electron chi connectivity index (χ3n) is 8.52. The Labute approximate surface area is 297 Å². The molecule has 9 heteroatoms. The van der Waals surface area contributed by atoms with Gasteiger partial charge in [-0.05, 0) is 47.5 Å². The molecule has 258 valence electrons. The highest BCUT2D eigenvalue weighted by atomic mass is 19.1. The number of carbonyl (C=O) groups is 2. The van der Waals surface area contributed by atoms with Crippen molar-refractivity contribution in [3.8, 4) is 11.5 Å². The summed E-state index contributed by atoms with van der Waals surface area (Å²) in [5.74, 6) is 0.399. The fourth-order valence-electron chi connectivity index (χ4n) is 5.69. The fraction of sp³-hybridized carbons (Fsp3) is 0.0952. The van der Waals surface area contributed by atoms with Gasteiger partial charge in [0.2, 0.25) is 0 Å². The molecule has 0 amide bonds. The average molecular weight is 684 g/mol. The molecule has 0 unspecified atom stereocenters. The van der Waals surface area contributed by atoms with Gasteiger partial charge in [-0.2, -0.15) is 0 Å². The summed E-state index contributed by atoms with van der Waals surface area (Å²) in [5, 5.41) is 3.34. The van der Waals surface area contributed by atoms with Gasteiger partial charge in [0, 0.05) is 66.0 Å². The standard InChI is InChI=1S/C21H18N2O2.C14H9FO2.C7H10N2.H2/c22-19-8-4-2-5-14(19)12-23-16-9-10-18-20(11-16)25-13-15-6-1-3-7-17(15)21(18)24;15-10-5-6-12-13(7-10)17-8-9-3-1-2-4-11(9)14(12)16;8-5-6-3-1-2-4-7(6)9;/h1-11,23H,12-13,22H2;1-7H,8H2;1-4H,5,8-9H2;1H/i;;;1+1. The van der Waals surface area contributed by atoms with Gasteiger partial charge in [0.25, 0.3) is 0 Å². The van der Waals surface area contributed by atoms with E-state index in [1.807, 2.05) is 109 Å². The van der Waals surface area contributed by atoms with Gasteiger partial charge in [0.05, 0.1) is 11.1 Å². The number of nitrogen functional groups attached to an aromatic ring is 2. The summed E-state index contributed by atoms with van der Waals surface area (Å²) in [6.45, 7) is 1.81. The molecular weight excluding hydrogens is 643 g/mol. The first-order valence-corrected chi connectivity index (χ1v) is 16.4. The van der Waals surface area contributed by atoms with Crippen molar-refractivity contribution in [1.82, 2.24) is 0 Å². The smallest absolute Gasteiger partial charge is 0.197 e. The lowest BCUT2D eigenvalue weighted by Gasteiger charge is -2.12. The quantitative estimate of drug-likeness (QED) is 0.137. The van der Waals surface area contributed by atoms with Gasteiger partial charge < -0.3 is 32.0 Å². The van der Waals surface area contributed by atoms with E-state index in [-0.39, 0.29) is 13.0 Å². The van der Waals surface area contributed by atoms with E-state index in [9.17, 15) is 14.0 Å². The van der Waals surface area contributed by atoms with Crippen molar-refractivity contribution in [2.24, 2.45) is 5.73 Å². The molecule has 7 N–H and O–H groups in total. The highest BCUT2D eigenvalue weighted by Gasteiger charge is 2.23. The van der Waals surface area contributed by atoms with Crippen molar-refractivity contribution in [2.45, 2.75) is 26.3 Å². The lowest BCUT2D eigenvalue weighted by molar-refractivity contribution is 0.103. The first-order valence-electron chi connectivity index (χ1n) is 16.4. The number of ether oxygens (including phenoxy) is 2. The van der Waals surface area contributed by atoms with E-state index in [1.165, 1.54) is 18.2 Å². The van der Waals surface area contributed by atoms with E-state index in [0.29, 0.717) is 60.1 Å². The highest BCUT2D eigenvalue weighted by molar-refractivity contribution is 6.12. The Morgan fingerprint density at radius 1 is 0.588 bits per heavy atom. The van der Waals surface area contributed by atoms with Crippen LogP contribution in [0.4, 0.5) is 21.5 Å². The second-order valence-corrected chi connectivity index (χ2v) is 11.9. The van der Waals surface area contributed by atoms with Crippen LogP contribution in [0, 0.1) is 5.82 Å². The Kier molecular flexibility index (Phi) is 10.7. The highest BCUT2D eigenvalue weighted by Crippen LogP contribution is 2.32. The molecular formula is C42H39FN4O4. The van der Waals surface area contributed by atoms with Crippen LogP contribution in [0.2, 0.25) is 0 Å².